The maximum Gasteiger partial charge on any atom is 0.323 e. The fraction of sp³-hybridized carbons (Fsp3) is 0.308. The fourth-order valence-electron chi connectivity index (χ4n) is 2.01. The summed E-state index contributed by atoms with van der Waals surface area (Å²) in [4.78, 5) is 16.6. The number of hydrogen-bond acceptors (Lipinski definition) is 1. The van der Waals surface area contributed by atoms with Crippen LogP contribution in [0.4, 0.5) is 0 Å². The van der Waals surface area contributed by atoms with Gasteiger partial charge in [0.2, 0.25) is 0 Å². The van der Waals surface area contributed by atoms with Crippen molar-refractivity contribution in [1.82, 2.24) is 9.97 Å². The first-order chi connectivity index (χ1) is 7.81. The molecule has 0 bridgehead atoms. The first-order valence-corrected chi connectivity index (χ1v) is 5.63. The molecular weight excluding hydrogens is 200 g/mol. The van der Waals surface area contributed by atoms with Crippen LogP contribution in [0.1, 0.15) is 36.9 Å². The Morgan fingerprint density at radius 1 is 1.25 bits per heavy atom. The van der Waals surface area contributed by atoms with Crippen molar-refractivity contribution in [1.29, 1.82) is 0 Å². The summed E-state index contributed by atoms with van der Waals surface area (Å²) in [5.74, 6) is 0.283. The maximum absolute atomic E-state index is 11.1. The van der Waals surface area contributed by atoms with Gasteiger partial charge < -0.3 is 9.97 Å². The highest BCUT2D eigenvalue weighted by Gasteiger charge is 2.14. The lowest BCUT2D eigenvalue weighted by atomic mass is 9.92. The zero-order valence-electron chi connectivity index (χ0n) is 9.36. The van der Waals surface area contributed by atoms with Gasteiger partial charge in [-0.25, -0.2) is 4.79 Å². The van der Waals surface area contributed by atoms with E-state index < -0.39 is 0 Å². The van der Waals surface area contributed by atoms with Crippen LogP contribution in [0.5, 0.6) is 0 Å². The van der Waals surface area contributed by atoms with Gasteiger partial charge in [0.25, 0.3) is 0 Å². The smallest absolute Gasteiger partial charge is 0.313 e. The van der Waals surface area contributed by atoms with Crippen molar-refractivity contribution in [3.05, 3.63) is 58.3 Å². The molecule has 2 aromatic rings. The summed E-state index contributed by atoms with van der Waals surface area (Å²) in [7, 11) is 0. The van der Waals surface area contributed by atoms with E-state index in [1.54, 1.807) is 6.20 Å². The molecule has 84 valence electrons. The minimum atomic E-state index is -0.132. The first kappa shape index (κ1) is 10.7. The standard InChI is InChI=1S/C13H16N2O/c1-2-6-11(10-7-4-3-5-8-10)12-9-14-13(16)15-12/h3-5,7-9,11H,2,6H2,1H3,(H2,14,15,16). The quantitative estimate of drug-likeness (QED) is 0.811. The number of rotatable bonds is 4. The van der Waals surface area contributed by atoms with Crippen molar-refractivity contribution in [3.63, 3.8) is 0 Å². The molecule has 0 saturated carbocycles. The van der Waals surface area contributed by atoms with Crippen LogP contribution < -0.4 is 5.69 Å². The summed E-state index contributed by atoms with van der Waals surface area (Å²) in [5.41, 5.74) is 2.09. The molecular formula is C13H16N2O. The van der Waals surface area contributed by atoms with Crippen LogP contribution in [0.25, 0.3) is 0 Å². The second kappa shape index (κ2) is 4.84. The molecule has 1 atom stereocenters. The van der Waals surface area contributed by atoms with Crippen molar-refractivity contribution >= 4 is 0 Å². The minimum Gasteiger partial charge on any atom is -0.313 e. The number of nitrogens with one attached hydrogen (secondary N) is 2. The Kier molecular flexibility index (Phi) is 3.25. The lowest BCUT2D eigenvalue weighted by Crippen LogP contribution is -2.05. The molecule has 0 aliphatic carbocycles. The third-order valence-electron chi connectivity index (χ3n) is 2.77. The van der Waals surface area contributed by atoms with Gasteiger partial charge in [-0.3, -0.25) is 0 Å². The third kappa shape index (κ3) is 2.24. The van der Waals surface area contributed by atoms with E-state index >= 15 is 0 Å². The minimum absolute atomic E-state index is 0.132. The van der Waals surface area contributed by atoms with E-state index in [1.807, 2.05) is 18.2 Å². The van der Waals surface area contributed by atoms with Gasteiger partial charge in [0.05, 0.1) is 0 Å². The van der Waals surface area contributed by atoms with Crippen molar-refractivity contribution in [3.8, 4) is 0 Å². The van der Waals surface area contributed by atoms with E-state index in [0.717, 1.165) is 18.5 Å². The number of benzene rings is 1. The van der Waals surface area contributed by atoms with E-state index in [2.05, 4.69) is 29.0 Å². The predicted molar refractivity (Wildman–Crippen MR) is 64.6 cm³/mol. The topological polar surface area (TPSA) is 48.6 Å². The second-order valence-electron chi connectivity index (χ2n) is 3.95. The second-order valence-corrected chi connectivity index (χ2v) is 3.95. The molecule has 1 unspecified atom stereocenters. The molecule has 2 N–H and O–H groups in total. The molecule has 3 nitrogen and oxygen atoms in total. The van der Waals surface area contributed by atoms with Gasteiger partial charge in [0.1, 0.15) is 0 Å². The van der Waals surface area contributed by atoms with Crippen molar-refractivity contribution in [2.45, 2.75) is 25.7 Å². The van der Waals surface area contributed by atoms with Crippen LogP contribution in [0, 0.1) is 0 Å². The van der Waals surface area contributed by atoms with Gasteiger partial charge in [0, 0.05) is 17.8 Å². The number of aromatic amines is 2. The normalized spacial score (nSPS) is 12.6. The molecule has 0 spiro atoms. The molecule has 0 aliphatic rings. The van der Waals surface area contributed by atoms with E-state index in [1.165, 1.54) is 5.56 Å². The van der Waals surface area contributed by atoms with Crippen molar-refractivity contribution in [2.24, 2.45) is 0 Å². The molecule has 0 radical (unpaired) electrons. The Bertz CT molecular complexity index is 484. The zero-order valence-corrected chi connectivity index (χ0v) is 9.36. The van der Waals surface area contributed by atoms with Gasteiger partial charge in [0.15, 0.2) is 0 Å². The third-order valence-corrected chi connectivity index (χ3v) is 2.77. The molecule has 16 heavy (non-hydrogen) atoms. The number of imidazole rings is 1. The fourth-order valence-corrected chi connectivity index (χ4v) is 2.01. The molecule has 1 aromatic carbocycles. The van der Waals surface area contributed by atoms with E-state index in [4.69, 9.17) is 0 Å². The van der Waals surface area contributed by atoms with Crippen LogP contribution >= 0.6 is 0 Å². The van der Waals surface area contributed by atoms with Crippen LogP contribution in [0.15, 0.2) is 41.3 Å². The summed E-state index contributed by atoms with van der Waals surface area (Å²) in [5, 5.41) is 0. The van der Waals surface area contributed by atoms with Crippen LogP contribution in [0.3, 0.4) is 0 Å². The van der Waals surface area contributed by atoms with E-state index in [0.29, 0.717) is 0 Å². The summed E-state index contributed by atoms with van der Waals surface area (Å²) in [6.45, 7) is 2.15. The molecule has 3 heteroatoms. The molecule has 1 aromatic heterocycles. The summed E-state index contributed by atoms with van der Waals surface area (Å²) in [6, 6.07) is 10.3. The highest BCUT2D eigenvalue weighted by Crippen LogP contribution is 2.26. The molecule has 0 fully saturated rings. The largest absolute Gasteiger partial charge is 0.323 e. The van der Waals surface area contributed by atoms with Gasteiger partial charge in [-0.2, -0.15) is 0 Å². The average Bonchev–Trinajstić information content (AvgIpc) is 2.74. The Balaban J connectivity index is 2.34. The van der Waals surface area contributed by atoms with Gasteiger partial charge >= 0.3 is 5.69 Å². The highest BCUT2D eigenvalue weighted by molar-refractivity contribution is 5.27. The van der Waals surface area contributed by atoms with Gasteiger partial charge in [-0.1, -0.05) is 43.7 Å². The predicted octanol–water partition coefficient (Wildman–Crippen LogP) is 2.63. The molecule has 0 aliphatic heterocycles. The lowest BCUT2D eigenvalue weighted by molar-refractivity contribution is 0.683. The Labute approximate surface area is 94.5 Å². The van der Waals surface area contributed by atoms with Crippen molar-refractivity contribution < 1.29 is 0 Å². The summed E-state index contributed by atoms with van der Waals surface area (Å²) in [6.07, 6.45) is 3.90. The summed E-state index contributed by atoms with van der Waals surface area (Å²) < 4.78 is 0. The Morgan fingerprint density at radius 2 is 2.00 bits per heavy atom. The Hall–Kier alpha value is -1.77. The van der Waals surface area contributed by atoms with E-state index in [-0.39, 0.29) is 11.6 Å². The summed E-state index contributed by atoms with van der Waals surface area (Å²) >= 11 is 0. The van der Waals surface area contributed by atoms with Crippen LogP contribution in [-0.2, 0) is 0 Å². The monoisotopic (exact) mass is 216 g/mol. The van der Waals surface area contributed by atoms with Crippen molar-refractivity contribution in [2.75, 3.05) is 0 Å². The molecule has 2 rings (SSSR count). The van der Waals surface area contributed by atoms with Gasteiger partial charge in [-0.05, 0) is 12.0 Å². The molecule has 0 saturated heterocycles. The number of aromatic nitrogens is 2. The van der Waals surface area contributed by atoms with Crippen LogP contribution in [0.2, 0.25) is 0 Å². The molecule has 1 heterocycles. The number of H-pyrrole nitrogens is 2. The maximum atomic E-state index is 11.1. The first-order valence-electron chi connectivity index (χ1n) is 5.63. The lowest BCUT2D eigenvalue weighted by Gasteiger charge is -2.14. The molecule has 0 amide bonds. The van der Waals surface area contributed by atoms with E-state index in [9.17, 15) is 4.79 Å². The van der Waals surface area contributed by atoms with Crippen LogP contribution in [-0.4, -0.2) is 9.97 Å². The number of hydrogen-bond donors (Lipinski definition) is 2. The van der Waals surface area contributed by atoms with Gasteiger partial charge in [-0.15, -0.1) is 0 Å². The highest BCUT2D eigenvalue weighted by atomic mass is 16.1. The zero-order chi connectivity index (χ0) is 11.4. The Morgan fingerprint density at radius 3 is 2.56 bits per heavy atom. The average molecular weight is 216 g/mol. The SMILES string of the molecule is CCCC(c1ccccc1)c1c[nH]c(=O)[nH]1.